The number of piperazine rings is 1. The summed E-state index contributed by atoms with van der Waals surface area (Å²) in [6.07, 6.45) is 3.74. The van der Waals surface area contributed by atoms with Crippen molar-refractivity contribution in [2.24, 2.45) is 5.92 Å². The van der Waals surface area contributed by atoms with E-state index in [9.17, 15) is 0 Å². The molecule has 1 N–H and O–H groups in total. The molecule has 5 heteroatoms. The number of nitrogens with one attached hydrogen (secondary N) is 1. The molecule has 2 aromatic rings. The van der Waals surface area contributed by atoms with E-state index in [2.05, 4.69) is 53.3 Å². The Morgan fingerprint density at radius 2 is 1.96 bits per heavy atom. The van der Waals surface area contributed by atoms with Crippen molar-refractivity contribution in [2.75, 3.05) is 32.8 Å². The highest BCUT2D eigenvalue weighted by molar-refractivity contribution is 5.43. The van der Waals surface area contributed by atoms with E-state index in [4.69, 9.17) is 9.47 Å². The minimum Gasteiger partial charge on any atom is -0.490 e. The molecule has 1 aromatic heterocycles. The normalized spacial score (nSPS) is 17.9. The smallest absolute Gasteiger partial charge is 0.161 e. The maximum absolute atomic E-state index is 5.93. The number of aromatic nitrogens is 1. The molecule has 1 fully saturated rings. The van der Waals surface area contributed by atoms with Crippen LogP contribution in [0, 0.1) is 5.92 Å². The molecule has 0 aliphatic carbocycles. The Hall–Kier alpha value is -2.11. The van der Waals surface area contributed by atoms with Crippen molar-refractivity contribution in [3.8, 4) is 11.5 Å². The Labute approximate surface area is 162 Å². The summed E-state index contributed by atoms with van der Waals surface area (Å²) in [6, 6.07) is 10.9. The summed E-state index contributed by atoms with van der Waals surface area (Å²) in [5, 5.41) is 3.51. The highest BCUT2D eigenvalue weighted by Crippen LogP contribution is 2.31. The maximum atomic E-state index is 5.93. The maximum Gasteiger partial charge on any atom is 0.161 e. The van der Waals surface area contributed by atoms with E-state index in [1.807, 2.05) is 25.4 Å². The number of hydrogen-bond donors (Lipinski definition) is 1. The molecular formula is C22H31N3O2. The van der Waals surface area contributed by atoms with Crippen LogP contribution in [0.4, 0.5) is 0 Å². The van der Waals surface area contributed by atoms with Crippen molar-refractivity contribution in [3.05, 3.63) is 53.9 Å². The second-order valence-electron chi connectivity index (χ2n) is 7.39. The van der Waals surface area contributed by atoms with E-state index < -0.39 is 0 Å². The number of nitrogens with zero attached hydrogens (tertiary/aromatic N) is 2. The van der Waals surface area contributed by atoms with Crippen molar-refractivity contribution in [2.45, 2.75) is 33.4 Å². The quantitative estimate of drug-likeness (QED) is 0.769. The van der Waals surface area contributed by atoms with Gasteiger partial charge in [0.1, 0.15) is 0 Å². The summed E-state index contributed by atoms with van der Waals surface area (Å²) < 4.78 is 11.8. The SMILES string of the molecule is CCOc1cc(CN2CCNCC2c2ccncc2)ccc1OCC(C)C. The molecule has 0 radical (unpaired) electrons. The molecular weight excluding hydrogens is 338 g/mol. The Balaban J connectivity index is 1.75. The van der Waals surface area contributed by atoms with E-state index >= 15 is 0 Å². The van der Waals surface area contributed by atoms with E-state index in [1.54, 1.807) is 0 Å². The standard InChI is InChI=1S/C22H31N3O2/c1-4-26-22-13-18(5-6-21(22)27-16-17(2)3)15-25-12-11-24-14-20(25)19-7-9-23-10-8-19/h5-10,13,17,20,24H,4,11-12,14-16H2,1-3H3. The third-order valence-electron chi connectivity index (χ3n) is 4.71. The van der Waals surface area contributed by atoms with Crippen LogP contribution in [-0.4, -0.2) is 42.7 Å². The summed E-state index contributed by atoms with van der Waals surface area (Å²) in [5.41, 5.74) is 2.55. The summed E-state index contributed by atoms with van der Waals surface area (Å²) in [4.78, 5) is 6.67. The first-order chi connectivity index (χ1) is 13.2. The van der Waals surface area contributed by atoms with Gasteiger partial charge < -0.3 is 14.8 Å². The van der Waals surface area contributed by atoms with Gasteiger partial charge in [0.15, 0.2) is 11.5 Å². The van der Waals surface area contributed by atoms with Gasteiger partial charge in [-0.2, -0.15) is 0 Å². The van der Waals surface area contributed by atoms with Gasteiger partial charge in [0.25, 0.3) is 0 Å². The van der Waals surface area contributed by atoms with Gasteiger partial charge in [-0.15, -0.1) is 0 Å². The molecule has 1 unspecified atom stereocenters. The zero-order chi connectivity index (χ0) is 19.1. The first-order valence-corrected chi connectivity index (χ1v) is 9.90. The molecule has 146 valence electrons. The van der Waals surface area contributed by atoms with E-state index in [0.29, 0.717) is 25.2 Å². The summed E-state index contributed by atoms with van der Waals surface area (Å²) in [5.74, 6) is 2.16. The molecule has 1 aliphatic rings. The van der Waals surface area contributed by atoms with Crippen LogP contribution in [0.5, 0.6) is 11.5 Å². The predicted molar refractivity (Wildman–Crippen MR) is 108 cm³/mol. The highest BCUT2D eigenvalue weighted by Gasteiger charge is 2.24. The lowest BCUT2D eigenvalue weighted by molar-refractivity contribution is 0.153. The predicted octanol–water partition coefficient (Wildman–Crippen LogP) is 3.66. The van der Waals surface area contributed by atoms with Crippen molar-refractivity contribution in [1.82, 2.24) is 15.2 Å². The van der Waals surface area contributed by atoms with E-state index in [1.165, 1.54) is 11.1 Å². The molecule has 27 heavy (non-hydrogen) atoms. The van der Waals surface area contributed by atoms with Gasteiger partial charge in [-0.1, -0.05) is 19.9 Å². The molecule has 1 aromatic carbocycles. The van der Waals surface area contributed by atoms with Crippen molar-refractivity contribution in [3.63, 3.8) is 0 Å². The number of rotatable bonds is 8. The highest BCUT2D eigenvalue weighted by atomic mass is 16.5. The molecule has 0 bridgehead atoms. The molecule has 1 saturated heterocycles. The van der Waals surface area contributed by atoms with Gasteiger partial charge >= 0.3 is 0 Å². The zero-order valence-corrected chi connectivity index (χ0v) is 16.6. The van der Waals surface area contributed by atoms with Gasteiger partial charge in [0, 0.05) is 44.6 Å². The Morgan fingerprint density at radius 3 is 2.70 bits per heavy atom. The van der Waals surface area contributed by atoms with Gasteiger partial charge in [0.2, 0.25) is 0 Å². The van der Waals surface area contributed by atoms with Crippen LogP contribution in [-0.2, 0) is 6.54 Å². The van der Waals surface area contributed by atoms with Crippen LogP contribution >= 0.6 is 0 Å². The molecule has 0 amide bonds. The van der Waals surface area contributed by atoms with E-state index in [0.717, 1.165) is 37.7 Å². The summed E-state index contributed by atoms with van der Waals surface area (Å²) in [7, 11) is 0. The minimum absolute atomic E-state index is 0.356. The molecule has 1 aliphatic heterocycles. The topological polar surface area (TPSA) is 46.6 Å². The molecule has 5 nitrogen and oxygen atoms in total. The van der Waals surface area contributed by atoms with Crippen LogP contribution < -0.4 is 14.8 Å². The second-order valence-corrected chi connectivity index (χ2v) is 7.39. The fourth-order valence-corrected chi connectivity index (χ4v) is 3.38. The first-order valence-electron chi connectivity index (χ1n) is 9.90. The molecule has 3 rings (SSSR count). The average molecular weight is 370 g/mol. The number of ether oxygens (including phenoxy) is 2. The lowest BCUT2D eigenvalue weighted by atomic mass is 10.0. The second kappa shape index (κ2) is 9.72. The van der Waals surface area contributed by atoms with Gasteiger partial charge in [0.05, 0.1) is 13.2 Å². The Morgan fingerprint density at radius 1 is 1.15 bits per heavy atom. The largest absolute Gasteiger partial charge is 0.490 e. The molecule has 2 heterocycles. The van der Waals surface area contributed by atoms with Crippen LogP contribution in [0.15, 0.2) is 42.7 Å². The van der Waals surface area contributed by atoms with Gasteiger partial charge in [-0.3, -0.25) is 9.88 Å². The Bertz CT molecular complexity index is 706. The van der Waals surface area contributed by atoms with Crippen LogP contribution in [0.3, 0.4) is 0 Å². The van der Waals surface area contributed by atoms with Gasteiger partial charge in [-0.05, 0) is 48.2 Å². The number of pyridine rings is 1. The lowest BCUT2D eigenvalue weighted by Gasteiger charge is -2.36. The van der Waals surface area contributed by atoms with Crippen LogP contribution in [0.25, 0.3) is 0 Å². The monoisotopic (exact) mass is 369 g/mol. The Kier molecular flexibility index (Phi) is 7.07. The van der Waals surface area contributed by atoms with Crippen LogP contribution in [0.1, 0.15) is 37.9 Å². The lowest BCUT2D eigenvalue weighted by Crippen LogP contribution is -2.45. The minimum atomic E-state index is 0.356. The zero-order valence-electron chi connectivity index (χ0n) is 16.6. The molecule has 0 saturated carbocycles. The average Bonchev–Trinajstić information content (AvgIpc) is 2.69. The molecule has 0 spiro atoms. The fourth-order valence-electron chi connectivity index (χ4n) is 3.38. The van der Waals surface area contributed by atoms with Crippen molar-refractivity contribution < 1.29 is 9.47 Å². The third-order valence-corrected chi connectivity index (χ3v) is 4.71. The summed E-state index contributed by atoms with van der Waals surface area (Å²) in [6.45, 7) is 11.5. The first kappa shape index (κ1) is 19.6. The van der Waals surface area contributed by atoms with Crippen molar-refractivity contribution in [1.29, 1.82) is 0 Å². The fraction of sp³-hybridized carbons (Fsp3) is 0.500. The third kappa shape index (κ3) is 5.44. The van der Waals surface area contributed by atoms with Crippen LogP contribution in [0.2, 0.25) is 0 Å². The van der Waals surface area contributed by atoms with Gasteiger partial charge in [-0.25, -0.2) is 0 Å². The summed E-state index contributed by atoms with van der Waals surface area (Å²) >= 11 is 0. The van der Waals surface area contributed by atoms with Crippen molar-refractivity contribution >= 4 is 0 Å². The van der Waals surface area contributed by atoms with E-state index in [-0.39, 0.29) is 0 Å². The molecule has 1 atom stereocenters. The number of benzene rings is 1. The number of hydrogen-bond acceptors (Lipinski definition) is 5.